The van der Waals surface area contributed by atoms with Crippen LogP contribution in [0.25, 0.3) is 10.9 Å². The van der Waals surface area contributed by atoms with Crippen LogP contribution in [0.3, 0.4) is 0 Å². The second kappa shape index (κ2) is 9.89. The maximum absolute atomic E-state index is 15.2. The fraction of sp³-hybridized carbons (Fsp3) is 0.304. The lowest BCUT2D eigenvalue weighted by Gasteiger charge is -2.29. The van der Waals surface area contributed by atoms with Gasteiger partial charge >= 0.3 is 6.18 Å². The largest absolute Gasteiger partial charge is 0.475 e. The number of thiocarbonyl (C=S) groups is 1. The molecule has 204 valence electrons. The summed E-state index contributed by atoms with van der Waals surface area (Å²) in [5, 5.41) is 17.6. The van der Waals surface area contributed by atoms with E-state index in [1.807, 2.05) is 0 Å². The zero-order valence-electron chi connectivity index (χ0n) is 19.9. The van der Waals surface area contributed by atoms with E-state index in [0.29, 0.717) is 6.07 Å². The van der Waals surface area contributed by atoms with Crippen molar-refractivity contribution in [3.05, 3.63) is 47.3 Å². The smallest absolute Gasteiger partial charge is 0.419 e. The van der Waals surface area contributed by atoms with Crippen molar-refractivity contribution in [2.45, 2.75) is 32.0 Å². The zero-order chi connectivity index (χ0) is 28.9. The van der Waals surface area contributed by atoms with Crippen molar-refractivity contribution >= 4 is 45.5 Å². The highest BCUT2D eigenvalue weighted by Crippen LogP contribution is 2.41. The molecule has 0 saturated carbocycles. The van der Waals surface area contributed by atoms with Crippen molar-refractivity contribution in [3.8, 4) is 11.9 Å². The Morgan fingerprint density at radius 1 is 1.21 bits per heavy atom. The third kappa shape index (κ3) is 4.79. The molecule has 0 atom stereocenters. The number of aliphatic hydroxyl groups excluding tert-OH is 1. The van der Waals surface area contributed by atoms with Gasteiger partial charge in [-0.3, -0.25) is 9.69 Å². The number of aliphatic hydroxyl groups is 1. The molecule has 3 heterocycles. The lowest BCUT2D eigenvalue weighted by atomic mass is 10.0. The summed E-state index contributed by atoms with van der Waals surface area (Å²) in [7, 11) is 0. The second-order valence-corrected chi connectivity index (χ2v) is 8.97. The molecule has 3 aromatic rings. The van der Waals surface area contributed by atoms with Crippen LogP contribution in [0.5, 0.6) is 5.88 Å². The number of fused-ring (bicyclic) bond motifs is 1. The molecule has 1 amide bonds. The van der Waals surface area contributed by atoms with Gasteiger partial charge in [-0.1, -0.05) is 0 Å². The summed E-state index contributed by atoms with van der Waals surface area (Å²) in [5.74, 6) is -3.39. The van der Waals surface area contributed by atoms with Crippen LogP contribution in [-0.4, -0.2) is 49.8 Å². The monoisotopic (exact) mass is 570 g/mol. The predicted octanol–water partition coefficient (Wildman–Crippen LogP) is 4.28. The van der Waals surface area contributed by atoms with Crippen molar-refractivity contribution in [2.24, 2.45) is 0 Å². The van der Waals surface area contributed by atoms with Gasteiger partial charge in [-0.25, -0.2) is 23.1 Å². The van der Waals surface area contributed by atoms with E-state index in [2.05, 4.69) is 15.0 Å². The maximum Gasteiger partial charge on any atom is 0.419 e. The number of rotatable bonds is 6. The molecule has 0 radical (unpaired) electrons. The Hall–Kier alpha value is -4.10. The Bertz CT molecular complexity index is 1540. The molecule has 2 aromatic heterocycles. The van der Waals surface area contributed by atoms with Gasteiger partial charge in [-0.2, -0.15) is 23.4 Å². The first-order chi connectivity index (χ1) is 18.2. The first kappa shape index (κ1) is 27.9. The van der Waals surface area contributed by atoms with Gasteiger partial charge in [-0.15, -0.1) is 0 Å². The van der Waals surface area contributed by atoms with E-state index in [-0.39, 0.29) is 28.5 Å². The molecule has 1 fully saturated rings. The Morgan fingerprint density at radius 2 is 1.90 bits per heavy atom. The number of alkyl halides is 5. The number of ether oxygens (including phenoxy) is 1. The van der Waals surface area contributed by atoms with Crippen LogP contribution in [-0.2, 0) is 11.0 Å². The summed E-state index contributed by atoms with van der Waals surface area (Å²) >= 11 is 5.41. The van der Waals surface area contributed by atoms with Gasteiger partial charge in [-0.05, 0) is 44.3 Å². The van der Waals surface area contributed by atoms with E-state index >= 15 is 4.39 Å². The van der Waals surface area contributed by atoms with Crippen LogP contribution < -0.4 is 14.5 Å². The van der Waals surface area contributed by atoms with Crippen molar-refractivity contribution in [3.63, 3.8) is 0 Å². The van der Waals surface area contributed by atoms with E-state index in [9.17, 15) is 26.7 Å². The SMILES string of the molecule is CC1(C)C(=O)N(c2cnc(C#N)c(C(F)(F)F)c2)C(=S)N1c1cc(F)c2nc(C(F)F)nc(OCCO)c2c1. The van der Waals surface area contributed by atoms with E-state index in [0.717, 1.165) is 22.1 Å². The average Bonchev–Trinajstić information content (AvgIpc) is 3.04. The average molecular weight is 570 g/mol. The number of hydrogen-bond acceptors (Lipinski definition) is 8. The summed E-state index contributed by atoms with van der Waals surface area (Å²) in [6.07, 6.45) is -7.25. The highest BCUT2D eigenvalue weighted by atomic mass is 32.1. The van der Waals surface area contributed by atoms with E-state index in [1.165, 1.54) is 26.0 Å². The minimum Gasteiger partial charge on any atom is -0.475 e. The molecular formula is C23H16F6N6O3S. The van der Waals surface area contributed by atoms with Gasteiger partial charge in [0.2, 0.25) is 5.88 Å². The van der Waals surface area contributed by atoms with Crippen molar-refractivity contribution in [1.82, 2.24) is 15.0 Å². The zero-order valence-corrected chi connectivity index (χ0v) is 20.7. The number of aromatic nitrogens is 3. The number of benzene rings is 1. The lowest BCUT2D eigenvalue weighted by molar-refractivity contribution is -0.138. The molecule has 9 nitrogen and oxygen atoms in total. The van der Waals surface area contributed by atoms with Crippen molar-refractivity contribution in [1.29, 1.82) is 5.26 Å². The number of halogens is 6. The molecule has 0 unspecified atom stereocenters. The molecule has 0 aliphatic carbocycles. The van der Waals surface area contributed by atoms with Crippen LogP contribution in [0.4, 0.5) is 37.7 Å². The predicted molar refractivity (Wildman–Crippen MR) is 128 cm³/mol. The Labute approximate surface area is 221 Å². The minimum absolute atomic E-state index is 0.0919. The van der Waals surface area contributed by atoms with E-state index in [1.54, 1.807) is 0 Å². The first-order valence-electron chi connectivity index (χ1n) is 10.9. The fourth-order valence-corrected chi connectivity index (χ4v) is 4.50. The minimum atomic E-state index is -4.96. The van der Waals surface area contributed by atoms with Crippen molar-refractivity contribution in [2.75, 3.05) is 23.0 Å². The highest BCUT2D eigenvalue weighted by molar-refractivity contribution is 7.81. The van der Waals surface area contributed by atoms with Crippen LogP contribution in [0.15, 0.2) is 24.4 Å². The van der Waals surface area contributed by atoms with Crippen LogP contribution in [0, 0.1) is 17.1 Å². The Kier molecular flexibility index (Phi) is 7.08. The van der Waals surface area contributed by atoms with E-state index < -0.39 is 65.0 Å². The van der Waals surface area contributed by atoms with Crippen LogP contribution in [0.1, 0.15) is 37.4 Å². The Morgan fingerprint density at radius 3 is 2.49 bits per heavy atom. The molecule has 1 aliphatic heterocycles. The normalized spacial score (nSPS) is 15.4. The molecule has 0 bridgehead atoms. The van der Waals surface area contributed by atoms with Gasteiger partial charge in [0.25, 0.3) is 12.3 Å². The topological polar surface area (TPSA) is 115 Å². The van der Waals surface area contributed by atoms with Crippen molar-refractivity contribution < 1.29 is 41.0 Å². The van der Waals surface area contributed by atoms with Gasteiger partial charge in [0.05, 0.1) is 29.4 Å². The number of carbonyl (C=O) groups is 1. The molecule has 0 spiro atoms. The van der Waals surface area contributed by atoms with Gasteiger partial charge in [0.15, 0.2) is 22.4 Å². The maximum atomic E-state index is 15.2. The van der Waals surface area contributed by atoms with Crippen LogP contribution in [0.2, 0.25) is 0 Å². The lowest BCUT2D eigenvalue weighted by Crippen LogP contribution is -2.44. The first-order valence-corrected chi connectivity index (χ1v) is 11.3. The summed E-state index contributed by atoms with van der Waals surface area (Å²) in [6.45, 7) is 1.88. The third-order valence-corrected chi connectivity index (χ3v) is 6.08. The molecular weight excluding hydrogens is 554 g/mol. The fourth-order valence-electron chi connectivity index (χ4n) is 3.98. The molecule has 4 rings (SSSR count). The summed E-state index contributed by atoms with van der Waals surface area (Å²) in [4.78, 5) is 25.9. The van der Waals surface area contributed by atoms with E-state index in [4.69, 9.17) is 27.3 Å². The molecule has 39 heavy (non-hydrogen) atoms. The molecule has 1 N–H and O–H groups in total. The number of pyridine rings is 1. The Balaban J connectivity index is 1.87. The third-order valence-electron chi connectivity index (χ3n) is 5.72. The highest BCUT2D eigenvalue weighted by Gasteiger charge is 2.51. The summed E-state index contributed by atoms with van der Waals surface area (Å²) in [6, 6.07) is 3.97. The van der Waals surface area contributed by atoms with Gasteiger partial charge in [0.1, 0.15) is 23.7 Å². The number of anilines is 2. The molecule has 1 aromatic carbocycles. The number of nitriles is 1. The van der Waals surface area contributed by atoms with Gasteiger partial charge < -0.3 is 14.7 Å². The quantitative estimate of drug-likeness (QED) is 0.343. The standard InChI is InChI=1S/C23H16F6N6O3S/c1-22(2)20(37)34(11-6-13(23(27,28)29)15(8-30)31-9-11)21(39)35(22)10-5-12-16(14(24)7-10)32-18(17(25)26)33-19(12)38-4-3-36/h5-7,9,17,36H,3-4H2,1-2H3. The molecule has 1 aliphatic rings. The second-order valence-electron chi connectivity index (χ2n) is 8.60. The molecule has 16 heteroatoms. The number of hydrogen-bond donors (Lipinski definition) is 1. The number of nitrogens with zero attached hydrogens (tertiary/aromatic N) is 6. The number of amides is 1. The summed E-state index contributed by atoms with van der Waals surface area (Å²) in [5.41, 5.74) is -4.89. The van der Waals surface area contributed by atoms with Gasteiger partial charge in [0, 0.05) is 5.69 Å². The number of carbonyl (C=O) groups excluding carboxylic acids is 1. The summed E-state index contributed by atoms with van der Waals surface area (Å²) < 4.78 is 87.6. The van der Waals surface area contributed by atoms with Crippen LogP contribution >= 0.6 is 12.2 Å². The molecule has 1 saturated heterocycles.